The van der Waals surface area contributed by atoms with Crippen LogP contribution >= 0.6 is 23.2 Å². The number of aromatic nitrogens is 1. The third-order valence-corrected chi connectivity index (χ3v) is 4.88. The van der Waals surface area contributed by atoms with E-state index in [9.17, 15) is 4.79 Å². The topological polar surface area (TPSA) is 37.7 Å². The largest absolute Gasteiger partial charge is 0.368 e. The highest BCUT2D eigenvalue weighted by atomic mass is 35.5. The summed E-state index contributed by atoms with van der Waals surface area (Å²) < 4.78 is 0. The maximum absolute atomic E-state index is 12.4. The van der Waals surface area contributed by atoms with E-state index in [1.807, 2.05) is 41.6 Å². The monoisotopic (exact) mass is 362 g/mol. The second kappa shape index (κ2) is 7.69. The zero-order chi connectivity index (χ0) is 16.9. The summed E-state index contributed by atoms with van der Waals surface area (Å²) in [6, 6.07) is 9.46. The van der Waals surface area contributed by atoms with Crippen molar-refractivity contribution < 1.29 is 9.78 Å². The number of piperazine rings is 1. The number of pyridine rings is 1. The van der Waals surface area contributed by atoms with Crippen LogP contribution in [0.4, 0.5) is 5.69 Å². The van der Waals surface area contributed by atoms with Crippen molar-refractivity contribution in [2.24, 2.45) is 0 Å². The molecule has 0 bridgehead atoms. The maximum Gasteiger partial charge on any atom is 0.246 e. The SMILES string of the molecule is O=C(/C=C/c1cccc(Cl)c1Cl)N1CCN(c2cc[nH+]cc2)CC1. The van der Waals surface area contributed by atoms with Crippen LogP contribution in [0.25, 0.3) is 6.08 Å². The van der Waals surface area contributed by atoms with Gasteiger partial charge in [-0.25, -0.2) is 4.98 Å². The van der Waals surface area contributed by atoms with Gasteiger partial charge in [0.2, 0.25) is 5.91 Å². The van der Waals surface area contributed by atoms with Crippen molar-refractivity contribution in [1.29, 1.82) is 0 Å². The predicted octanol–water partition coefficient (Wildman–Crippen LogP) is 3.17. The summed E-state index contributed by atoms with van der Waals surface area (Å²) in [4.78, 5) is 19.5. The van der Waals surface area contributed by atoms with Gasteiger partial charge in [0.05, 0.1) is 10.0 Å². The average Bonchev–Trinajstić information content (AvgIpc) is 2.63. The van der Waals surface area contributed by atoms with Gasteiger partial charge in [0.25, 0.3) is 0 Å². The lowest BCUT2D eigenvalue weighted by molar-refractivity contribution is -0.377. The number of nitrogens with zero attached hydrogens (tertiary/aromatic N) is 2. The molecule has 124 valence electrons. The lowest BCUT2D eigenvalue weighted by atomic mass is 10.2. The summed E-state index contributed by atoms with van der Waals surface area (Å²) in [5, 5.41) is 0.953. The molecule has 1 saturated heterocycles. The van der Waals surface area contributed by atoms with Crippen molar-refractivity contribution in [3.05, 3.63) is 64.4 Å². The molecule has 2 heterocycles. The molecule has 6 heteroatoms. The molecular formula is C18H18Cl2N3O+. The zero-order valence-electron chi connectivity index (χ0n) is 13.1. The van der Waals surface area contributed by atoms with Gasteiger partial charge in [-0.1, -0.05) is 35.3 Å². The minimum absolute atomic E-state index is 0.00733. The molecule has 1 aliphatic rings. The molecule has 1 aromatic heterocycles. The Bertz CT molecular complexity index is 741. The number of halogens is 2. The molecule has 0 atom stereocenters. The minimum atomic E-state index is -0.00733. The van der Waals surface area contributed by atoms with E-state index in [0.29, 0.717) is 23.1 Å². The predicted molar refractivity (Wildman–Crippen MR) is 97.3 cm³/mol. The van der Waals surface area contributed by atoms with Gasteiger partial charge in [-0.15, -0.1) is 0 Å². The molecule has 0 radical (unpaired) electrons. The van der Waals surface area contributed by atoms with Gasteiger partial charge in [-0.05, 0) is 17.7 Å². The zero-order valence-corrected chi connectivity index (χ0v) is 14.6. The van der Waals surface area contributed by atoms with E-state index < -0.39 is 0 Å². The number of carbonyl (C=O) groups is 1. The van der Waals surface area contributed by atoms with Crippen molar-refractivity contribution in [2.45, 2.75) is 0 Å². The number of hydrogen-bond acceptors (Lipinski definition) is 2. The Morgan fingerprint density at radius 3 is 2.46 bits per heavy atom. The first kappa shape index (κ1) is 16.8. The summed E-state index contributed by atoms with van der Waals surface area (Å²) in [5.74, 6) is -0.00733. The first-order valence-corrected chi connectivity index (χ1v) is 8.53. The summed E-state index contributed by atoms with van der Waals surface area (Å²) in [6.45, 7) is 3.04. The van der Waals surface area contributed by atoms with Crippen LogP contribution in [0.5, 0.6) is 0 Å². The molecule has 2 aromatic rings. The van der Waals surface area contributed by atoms with Gasteiger partial charge in [0.1, 0.15) is 0 Å². The van der Waals surface area contributed by atoms with Gasteiger partial charge in [-0.2, -0.15) is 0 Å². The molecule has 1 aromatic carbocycles. The van der Waals surface area contributed by atoms with Crippen LogP contribution in [0, 0.1) is 0 Å². The van der Waals surface area contributed by atoms with Gasteiger partial charge >= 0.3 is 0 Å². The van der Waals surface area contributed by atoms with Crippen LogP contribution in [0.1, 0.15) is 5.56 Å². The minimum Gasteiger partial charge on any atom is -0.368 e. The Morgan fingerprint density at radius 2 is 1.75 bits per heavy atom. The fourth-order valence-electron chi connectivity index (χ4n) is 2.69. The van der Waals surface area contributed by atoms with Crippen LogP contribution < -0.4 is 9.88 Å². The molecule has 1 fully saturated rings. The quantitative estimate of drug-likeness (QED) is 0.786. The number of carbonyl (C=O) groups excluding carboxylic acids is 1. The third-order valence-electron chi connectivity index (χ3n) is 4.04. The lowest BCUT2D eigenvalue weighted by Gasteiger charge is -2.35. The molecule has 0 spiro atoms. The lowest BCUT2D eigenvalue weighted by Crippen LogP contribution is -2.48. The molecule has 0 unspecified atom stereocenters. The second-order valence-electron chi connectivity index (χ2n) is 5.55. The highest BCUT2D eigenvalue weighted by Crippen LogP contribution is 2.26. The fraction of sp³-hybridized carbons (Fsp3) is 0.222. The van der Waals surface area contributed by atoms with Gasteiger partial charge in [0, 0.05) is 50.1 Å². The number of anilines is 1. The van der Waals surface area contributed by atoms with Crippen LogP contribution in [-0.4, -0.2) is 37.0 Å². The number of aromatic amines is 1. The highest BCUT2D eigenvalue weighted by molar-refractivity contribution is 6.42. The van der Waals surface area contributed by atoms with Gasteiger partial charge < -0.3 is 9.80 Å². The van der Waals surface area contributed by atoms with Gasteiger partial charge in [-0.3, -0.25) is 4.79 Å². The average molecular weight is 363 g/mol. The summed E-state index contributed by atoms with van der Waals surface area (Å²) in [5.41, 5.74) is 1.92. The second-order valence-corrected chi connectivity index (χ2v) is 6.33. The Labute approximate surface area is 151 Å². The number of hydrogen-bond donors (Lipinski definition) is 0. The molecule has 1 N–H and O–H groups in total. The summed E-state index contributed by atoms with van der Waals surface area (Å²) in [6.07, 6.45) is 7.09. The van der Waals surface area contributed by atoms with E-state index in [4.69, 9.17) is 23.2 Å². The molecule has 4 nitrogen and oxygen atoms in total. The van der Waals surface area contributed by atoms with Crippen molar-refractivity contribution in [2.75, 3.05) is 31.1 Å². The van der Waals surface area contributed by atoms with Gasteiger partial charge in [0.15, 0.2) is 12.4 Å². The molecule has 3 rings (SSSR count). The standard InChI is InChI=1S/C18H17Cl2N3O/c19-16-3-1-2-14(18(16)20)4-5-17(24)23-12-10-22(11-13-23)15-6-8-21-9-7-15/h1-9H,10-13H2/p+1/b5-4+. The summed E-state index contributed by atoms with van der Waals surface area (Å²) >= 11 is 12.1. The number of benzene rings is 1. The molecule has 24 heavy (non-hydrogen) atoms. The van der Waals surface area contributed by atoms with Crippen LogP contribution in [0.2, 0.25) is 10.0 Å². The number of rotatable bonds is 3. The number of H-pyrrole nitrogens is 1. The molecular weight excluding hydrogens is 345 g/mol. The molecule has 0 saturated carbocycles. The first-order chi connectivity index (χ1) is 11.6. The maximum atomic E-state index is 12.4. The van der Waals surface area contributed by atoms with E-state index in [0.717, 1.165) is 18.7 Å². The highest BCUT2D eigenvalue weighted by Gasteiger charge is 2.20. The van der Waals surface area contributed by atoms with E-state index in [1.54, 1.807) is 18.2 Å². The van der Waals surface area contributed by atoms with E-state index in [2.05, 4.69) is 9.88 Å². The van der Waals surface area contributed by atoms with E-state index in [1.165, 1.54) is 5.69 Å². The van der Waals surface area contributed by atoms with Crippen LogP contribution in [-0.2, 0) is 4.79 Å². The van der Waals surface area contributed by atoms with Crippen LogP contribution in [0.3, 0.4) is 0 Å². The Hall–Kier alpha value is -2.04. The Balaban J connectivity index is 1.59. The molecule has 0 aliphatic carbocycles. The van der Waals surface area contributed by atoms with Crippen molar-refractivity contribution in [1.82, 2.24) is 4.90 Å². The third kappa shape index (κ3) is 3.89. The number of nitrogens with one attached hydrogen (secondary N) is 1. The molecule has 1 aliphatic heterocycles. The van der Waals surface area contributed by atoms with E-state index >= 15 is 0 Å². The fourth-order valence-corrected chi connectivity index (χ4v) is 3.06. The Kier molecular flexibility index (Phi) is 5.38. The Morgan fingerprint density at radius 1 is 1.04 bits per heavy atom. The van der Waals surface area contributed by atoms with Crippen molar-refractivity contribution in [3.8, 4) is 0 Å². The normalized spacial score (nSPS) is 15.1. The first-order valence-electron chi connectivity index (χ1n) is 7.77. The smallest absolute Gasteiger partial charge is 0.246 e. The van der Waals surface area contributed by atoms with Crippen LogP contribution in [0.15, 0.2) is 48.8 Å². The number of amides is 1. The summed E-state index contributed by atoms with van der Waals surface area (Å²) in [7, 11) is 0. The van der Waals surface area contributed by atoms with Crippen molar-refractivity contribution in [3.63, 3.8) is 0 Å². The van der Waals surface area contributed by atoms with Crippen molar-refractivity contribution >= 4 is 40.9 Å². The van der Waals surface area contributed by atoms with E-state index in [-0.39, 0.29) is 5.91 Å². The molecule has 1 amide bonds.